The molecule has 0 radical (unpaired) electrons. The van der Waals surface area contributed by atoms with E-state index in [0.29, 0.717) is 24.7 Å². The minimum atomic E-state index is -0.731. The molecule has 0 saturated carbocycles. The summed E-state index contributed by atoms with van der Waals surface area (Å²) in [4.78, 5) is 26.2. The third-order valence-electron chi connectivity index (χ3n) is 4.16. The van der Waals surface area contributed by atoms with E-state index in [-0.39, 0.29) is 24.2 Å². The first-order chi connectivity index (χ1) is 15.0. The maximum Gasteiger partial charge on any atom is 0.338 e. The fourth-order valence-electron chi connectivity index (χ4n) is 2.74. The maximum absolute atomic E-state index is 14.1. The molecule has 0 unspecified atom stereocenters. The van der Waals surface area contributed by atoms with Gasteiger partial charge in [-0.2, -0.15) is 5.26 Å². The first kappa shape index (κ1) is 23.7. The monoisotopic (exact) mass is 428 g/mol. The summed E-state index contributed by atoms with van der Waals surface area (Å²) in [6, 6.07) is 12.3. The van der Waals surface area contributed by atoms with Crippen LogP contribution >= 0.6 is 0 Å². The normalized spacial score (nSPS) is 10.1. The lowest BCUT2D eigenvalue weighted by molar-refractivity contribution is -0.121. The van der Waals surface area contributed by atoms with E-state index in [9.17, 15) is 14.0 Å². The van der Waals surface area contributed by atoms with Gasteiger partial charge in [0.15, 0.2) is 18.1 Å². The Morgan fingerprint density at radius 3 is 2.55 bits per heavy atom. The minimum absolute atomic E-state index is 0.00492. The number of nitriles is 1. The Kier molecular flexibility index (Phi) is 9.30. The van der Waals surface area contributed by atoms with Crippen LogP contribution < -0.4 is 14.4 Å². The van der Waals surface area contributed by atoms with Gasteiger partial charge < -0.3 is 19.1 Å². The summed E-state index contributed by atoms with van der Waals surface area (Å²) >= 11 is 0. The average Bonchev–Trinajstić information content (AvgIpc) is 2.78. The molecule has 2 aromatic rings. The van der Waals surface area contributed by atoms with Crippen molar-refractivity contribution in [3.05, 3.63) is 53.8 Å². The summed E-state index contributed by atoms with van der Waals surface area (Å²) in [5.41, 5.74) is 0.212. The molecule has 0 aliphatic heterocycles. The standard InChI is InChI=1S/C23H25FN2O5/c1-3-14-30-20-11-10-17(15-21(20)29-4-2)23(28)31-16-22(27)26(13-7-12-25)19-9-6-5-8-18(19)24/h5-6,8-11,15H,3-4,7,13-14,16H2,1-2H3. The van der Waals surface area contributed by atoms with Crippen LogP contribution in [0.15, 0.2) is 42.5 Å². The van der Waals surface area contributed by atoms with Gasteiger partial charge in [-0.05, 0) is 43.7 Å². The highest BCUT2D eigenvalue weighted by molar-refractivity contribution is 5.97. The lowest BCUT2D eigenvalue weighted by Gasteiger charge is -2.22. The van der Waals surface area contributed by atoms with Gasteiger partial charge in [0.2, 0.25) is 0 Å². The number of carbonyl (C=O) groups excluding carboxylic acids is 2. The van der Waals surface area contributed by atoms with E-state index in [0.717, 1.165) is 11.3 Å². The Morgan fingerprint density at radius 2 is 1.87 bits per heavy atom. The molecule has 0 atom stereocenters. The second-order valence-corrected chi connectivity index (χ2v) is 6.42. The number of esters is 1. The SMILES string of the molecule is CCCOc1ccc(C(=O)OCC(=O)N(CCC#N)c2ccccc2F)cc1OCC. The van der Waals surface area contributed by atoms with Crippen molar-refractivity contribution >= 4 is 17.6 Å². The Morgan fingerprint density at radius 1 is 1.10 bits per heavy atom. The van der Waals surface area contributed by atoms with Crippen molar-refractivity contribution in [1.29, 1.82) is 5.26 Å². The van der Waals surface area contributed by atoms with Gasteiger partial charge >= 0.3 is 5.97 Å². The van der Waals surface area contributed by atoms with Gasteiger partial charge in [-0.25, -0.2) is 9.18 Å². The lowest BCUT2D eigenvalue weighted by atomic mass is 10.2. The number of rotatable bonds is 11. The van der Waals surface area contributed by atoms with Gasteiger partial charge in [0.25, 0.3) is 5.91 Å². The lowest BCUT2D eigenvalue weighted by Crippen LogP contribution is -2.36. The summed E-state index contributed by atoms with van der Waals surface area (Å²) in [5.74, 6) is -1.06. The number of ether oxygens (including phenoxy) is 3. The zero-order valence-corrected chi connectivity index (χ0v) is 17.6. The zero-order valence-electron chi connectivity index (χ0n) is 17.6. The molecule has 164 valence electrons. The molecule has 0 aliphatic carbocycles. The molecule has 8 heteroatoms. The highest BCUT2D eigenvalue weighted by Crippen LogP contribution is 2.29. The van der Waals surface area contributed by atoms with Crippen LogP contribution in [0.1, 0.15) is 37.0 Å². The molecule has 2 aromatic carbocycles. The van der Waals surface area contributed by atoms with Crippen LogP contribution in [-0.4, -0.2) is 38.2 Å². The van der Waals surface area contributed by atoms with E-state index in [1.807, 2.05) is 19.9 Å². The molecule has 0 N–H and O–H groups in total. The smallest absolute Gasteiger partial charge is 0.338 e. The van der Waals surface area contributed by atoms with Gasteiger partial charge in [0.05, 0.1) is 37.0 Å². The van der Waals surface area contributed by atoms with E-state index >= 15 is 0 Å². The molecular weight excluding hydrogens is 403 g/mol. The Labute approximate surface area is 180 Å². The molecule has 2 rings (SSSR count). The molecule has 7 nitrogen and oxygen atoms in total. The quantitative estimate of drug-likeness (QED) is 0.500. The van der Waals surface area contributed by atoms with E-state index in [1.165, 1.54) is 30.3 Å². The predicted octanol–water partition coefficient (Wildman–Crippen LogP) is 4.12. The number of nitrogens with zero attached hydrogens (tertiary/aromatic N) is 2. The summed E-state index contributed by atoms with van der Waals surface area (Å²) in [5, 5.41) is 8.84. The van der Waals surface area contributed by atoms with Crippen molar-refractivity contribution in [3.63, 3.8) is 0 Å². The van der Waals surface area contributed by atoms with Crippen LogP contribution in [0.3, 0.4) is 0 Å². The highest BCUT2D eigenvalue weighted by atomic mass is 19.1. The Bertz CT molecular complexity index is 942. The van der Waals surface area contributed by atoms with E-state index in [4.69, 9.17) is 19.5 Å². The third kappa shape index (κ3) is 6.71. The minimum Gasteiger partial charge on any atom is -0.490 e. The number of amides is 1. The Balaban J connectivity index is 2.10. The number of halogens is 1. The second kappa shape index (κ2) is 12.2. The van der Waals surface area contributed by atoms with Crippen LogP contribution in [-0.2, 0) is 9.53 Å². The van der Waals surface area contributed by atoms with Crippen LogP contribution in [0, 0.1) is 17.1 Å². The molecule has 0 saturated heterocycles. The molecule has 0 aliphatic rings. The number of carbonyl (C=O) groups is 2. The van der Waals surface area contributed by atoms with Gasteiger partial charge in [-0.15, -0.1) is 0 Å². The van der Waals surface area contributed by atoms with Crippen molar-refractivity contribution in [1.82, 2.24) is 0 Å². The van der Waals surface area contributed by atoms with Crippen molar-refractivity contribution in [2.75, 3.05) is 31.3 Å². The van der Waals surface area contributed by atoms with Gasteiger partial charge in [0.1, 0.15) is 5.82 Å². The average molecular weight is 428 g/mol. The fourth-order valence-corrected chi connectivity index (χ4v) is 2.74. The molecule has 0 spiro atoms. The maximum atomic E-state index is 14.1. The first-order valence-electron chi connectivity index (χ1n) is 10.00. The summed E-state index contributed by atoms with van der Waals surface area (Å²) in [6.07, 6.45) is 0.826. The first-order valence-corrected chi connectivity index (χ1v) is 10.00. The van der Waals surface area contributed by atoms with Crippen molar-refractivity contribution in [2.45, 2.75) is 26.7 Å². The van der Waals surface area contributed by atoms with E-state index in [1.54, 1.807) is 12.1 Å². The van der Waals surface area contributed by atoms with Crippen LogP contribution in [0.5, 0.6) is 11.5 Å². The molecule has 0 aromatic heterocycles. The fraction of sp³-hybridized carbons (Fsp3) is 0.348. The number of hydrogen-bond acceptors (Lipinski definition) is 6. The van der Waals surface area contributed by atoms with Gasteiger partial charge in [-0.1, -0.05) is 19.1 Å². The summed E-state index contributed by atoms with van der Waals surface area (Å²) in [6.45, 7) is 4.06. The third-order valence-corrected chi connectivity index (χ3v) is 4.16. The van der Waals surface area contributed by atoms with Crippen LogP contribution in [0.2, 0.25) is 0 Å². The van der Waals surface area contributed by atoms with Gasteiger partial charge in [-0.3, -0.25) is 4.79 Å². The van der Waals surface area contributed by atoms with Crippen LogP contribution in [0.4, 0.5) is 10.1 Å². The van der Waals surface area contributed by atoms with Crippen molar-refractivity contribution < 1.29 is 28.2 Å². The summed E-state index contributed by atoms with van der Waals surface area (Å²) < 4.78 is 30.4. The second-order valence-electron chi connectivity index (χ2n) is 6.42. The number of hydrogen-bond donors (Lipinski definition) is 0. The van der Waals surface area contributed by atoms with E-state index < -0.39 is 24.3 Å². The number of para-hydroxylation sites is 1. The summed E-state index contributed by atoms with van der Waals surface area (Å²) in [7, 11) is 0. The molecule has 1 amide bonds. The highest BCUT2D eigenvalue weighted by Gasteiger charge is 2.21. The predicted molar refractivity (Wildman–Crippen MR) is 113 cm³/mol. The molecule has 0 fully saturated rings. The number of benzene rings is 2. The molecular formula is C23H25FN2O5. The molecule has 0 heterocycles. The van der Waals surface area contributed by atoms with Gasteiger partial charge in [0, 0.05) is 6.54 Å². The largest absolute Gasteiger partial charge is 0.490 e. The van der Waals surface area contributed by atoms with Crippen molar-refractivity contribution in [3.8, 4) is 17.6 Å². The van der Waals surface area contributed by atoms with E-state index in [2.05, 4.69) is 0 Å². The number of anilines is 1. The van der Waals surface area contributed by atoms with Crippen LogP contribution in [0.25, 0.3) is 0 Å². The Hall–Kier alpha value is -3.60. The molecule has 31 heavy (non-hydrogen) atoms. The topological polar surface area (TPSA) is 88.9 Å². The molecule has 0 bridgehead atoms. The van der Waals surface area contributed by atoms with Crippen molar-refractivity contribution in [2.24, 2.45) is 0 Å². The zero-order chi connectivity index (χ0) is 22.6.